The lowest BCUT2D eigenvalue weighted by molar-refractivity contribution is 0.183. The maximum absolute atomic E-state index is 10.8. The maximum atomic E-state index is 10.8. The van der Waals surface area contributed by atoms with Crippen molar-refractivity contribution in [1.82, 2.24) is 0 Å². The average Bonchev–Trinajstić information content (AvgIpc) is 3.19. The van der Waals surface area contributed by atoms with Gasteiger partial charge < -0.3 is 24.8 Å². The molecule has 1 aliphatic rings. The number of fused-ring (bicyclic) bond motifs is 3. The predicted octanol–water partition coefficient (Wildman–Crippen LogP) is 4.54. The number of unbranched alkanes of at least 4 members (excludes halogenated alkanes) is 2. The Bertz CT molecular complexity index is 994. The molecule has 0 spiro atoms. The third kappa shape index (κ3) is 6.92. The van der Waals surface area contributed by atoms with E-state index in [0.717, 1.165) is 36.8 Å². The SMILES string of the molecule is CCCCC(CC)CC1(CC(CC)CCCC)c2cc(B(O)O)ccc2-c2ccc(B(O)OCCO)cc21. The van der Waals surface area contributed by atoms with Gasteiger partial charge in [0.05, 0.1) is 13.2 Å². The summed E-state index contributed by atoms with van der Waals surface area (Å²) < 4.78 is 5.48. The van der Waals surface area contributed by atoms with E-state index in [4.69, 9.17) is 4.65 Å². The van der Waals surface area contributed by atoms with Crippen LogP contribution in [0.25, 0.3) is 11.1 Å². The highest BCUT2D eigenvalue weighted by Gasteiger charge is 2.46. The van der Waals surface area contributed by atoms with Crippen LogP contribution in [0.1, 0.15) is 103 Å². The van der Waals surface area contributed by atoms with E-state index >= 15 is 0 Å². The number of hydrogen-bond acceptors (Lipinski definition) is 5. The van der Waals surface area contributed by atoms with Crippen molar-refractivity contribution in [3.05, 3.63) is 47.5 Å². The summed E-state index contributed by atoms with van der Waals surface area (Å²) in [4.78, 5) is 0. The van der Waals surface area contributed by atoms with Gasteiger partial charge >= 0.3 is 14.2 Å². The summed E-state index contributed by atoms with van der Waals surface area (Å²) >= 11 is 0. The molecule has 0 aromatic heterocycles. The Labute approximate surface area is 230 Å². The van der Waals surface area contributed by atoms with Crippen LogP contribution < -0.4 is 10.9 Å². The van der Waals surface area contributed by atoms with Crippen LogP contribution in [-0.2, 0) is 10.1 Å². The molecule has 0 saturated carbocycles. The fraction of sp³-hybridized carbons (Fsp3) is 0.613. The molecule has 0 aliphatic heterocycles. The Morgan fingerprint density at radius 2 is 1.26 bits per heavy atom. The van der Waals surface area contributed by atoms with Crippen LogP contribution in [0.4, 0.5) is 0 Å². The number of aliphatic hydroxyl groups excluding tert-OH is 1. The monoisotopic (exact) mass is 522 g/mol. The number of aliphatic hydroxyl groups is 1. The largest absolute Gasteiger partial charge is 0.491 e. The zero-order valence-corrected chi connectivity index (χ0v) is 24.0. The minimum absolute atomic E-state index is 0.0746. The van der Waals surface area contributed by atoms with Crippen molar-refractivity contribution < 1.29 is 24.8 Å². The molecule has 208 valence electrons. The first-order valence-corrected chi connectivity index (χ1v) is 14.9. The van der Waals surface area contributed by atoms with Crippen LogP contribution >= 0.6 is 0 Å². The van der Waals surface area contributed by atoms with E-state index in [-0.39, 0.29) is 18.6 Å². The van der Waals surface area contributed by atoms with Crippen molar-refractivity contribution in [3.63, 3.8) is 0 Å². The van der Waals surface area contributed by atoms with Crippen LogP contribution in [0.3, 0.4) is 0 Å². The molecule has 1 aliphatic carbocycles. The first-order chi connectivity index (χ1) is 18.3. The summed E-state index contributed by atoms with van der Waals surface area (Å²) in [5.41, 5.74) is 5.64. The molecular weight excluding hydrogens is 474 g/mol. The van der Waals surface area contributed by atoms with Crippen molar-refractivity contribution in [3.8, 4) is 11.1 Å². The van der Waals surface area contributed by atoms with Crippen molar-refractivity contribution in [2.45, 2.75) is 97.3 Å². The minimum atomic E-state index is -1.52. The molecule has 5 nitrogen and oxygen atoms in total. The molecule has 38 heavy (non-hydrogen) atoms. The third-order valence-corrected chi connectivity index (χ3v) is 8.72. The summed E-state index contributed by atoms with van der Waals surface area (Å²) in [7, 11) is -2.62. The lowest BCUT2D eigenvalue weighted by Crippen LogP contribution is -2.38. The Hall–Kier alpha value is -1.63. The average molecular weight is 522 g/mol. The summed E-state index contributed by atoms with van der Waals surface area (Å²) in [6.07, 6.45) is 11.3. The van der Waals surface area contributed by atoms with Gasteiger partial charge in [0.1, 0.15) is 0 Å². The Balaban J connectivity index is 2.23. The lowest BCUT2D eigenvalue weighted by Gasteiger charge is -2.39. The van der Waals surface area contributed by atoms with Gasteiger partial charge in [-0.25, -0.2) is 0 Å². The molecule has 0 amide bonds. The van der Waals surface area contributed by atoms with E-state index in [0.29, 0.717) is 22.8 Å². The highest BCUT2D eigenvalue weighted by molar-refractivity contribution is 6.60. The third-order valence-electron chi connectivity index (χ3n) is 8.72. The fourth-order valence-electron chi connectivity index (χ4n) is 6.50. The Morgan fingerprint density at radius 3 is 1.71 bits per heavy atom. The quantitative estimate of drug-likeness (QED) is 0.229. The smallest absolute Gasteiger partial charge is 0.423 e. The predicted molar refractivity (Wildman–Crippen MR) is 159 cm³/mol. The van der Waals surface area contributed by atoms with Gasteiger partial charge in [0.2, 0.25) is 0 Å². The summed E-state index contributed by atoms with van der Waals surface area (Å²) in [5.74, 6) is 1.08. The van der Waals surface area contributed by atoms with Crippen LogP contribution in [0, 0.1) is 11.8 Å². The van der Waals surface area contributed by atoms with Crippen molar-refractivity contribution in [1.29, 1.82) is 0 Å². The first kappa shape index (κ1) is 30.9. The molecule has 0 heterocycles. The summed E-state index contributed by atoms with van der Waals surface area (Å²) in [5, 5.41) is 40.2. The van der Waals surface area contributed by atoms with Gasteiger partial charge in [-0.1, -0.05) is 115 Å². The Kier molecular flexibility index (Phi) is 11.9. The molecule has 4 N–H and O–H groups in total. The molecule has 3 rings (SSSR count). The molecule has 7 heteroatoms. The zero-order valence-electron chi connectivity index (χ0n) is 24.0. The number of benzene rings is 2. The molecule has 0 radical (unpaired) electrons. The molecule has 2 aromatic carbocycles. The van der Waals surface area contributed by atoms with Gasteiger partial charge in [0.15, 0.2) is 0 Å². The van der Waals surface area contributed by atoms with Gasteiger partial charge in [-0.05, 0) is 57.9 Å². The van der Waals surface area contributed by atoms with E-state index < -0.39 is 14.2 Å². The van der Waals surface area contributed by atoms with Crippen molar-refractivity contribution in [2.75, 3.05) is 13.2 Å². The Morgan fingerprint density at radius 1 is 0.763 bits per heavy atom. The second-order valence-electron chi connectivity index (χ2n) is 11.3. The van der Waals surface area contributed by atoms with E-state index in [1.165, 1.54) is 49.7 Å². The normalized spacial score (nSPS) is 17.7. The molecular formula is C31H48B2O5. The molecule has 0 bridgehead atoms. The molecule has 2 atom stereocenters. The van der Waals surface area contributed by atoms with E-state index in [2.05, 4.69) is 39.8 Å². The topological polar surface area (TPSA) is 90.2 Å². The summed E-state index contributed by atoms with van der Waals surface area (Å²) in [6, 6.07) is 12.0. The van der Waals surface area contributed by atoms with Crippen LogP contribution in [0.15, 0.2) is 36.4 Å². The molecule has 2 aromatic rings. The van der Waals surface area contributed by atoms with E-state index in [9.17, 15) is 20.2 Å². The second kappa shape index (κ2) is 14.7. The standard InChI is InChI=1S/C31H48B2O5/c1-5-9-11-23(7-3)21-31(22-24(8-4)12-10-6-2)29-19-25(32(35)36)13-15-27(29)28-16-14-26(20-30(28)31)33(37)38-18-17-34/h13-16,19-20,23-24,34-37H,5-12,17-18,21-22H2,1-4H3. The lowest BCUT2D eigenvalue weighted by atomic mass is 9.63. The number of hydrogen-bond donors (Lipinski definition) is 4. The van der Waals surface area contributed by atoms with Crippen molar-refractivity contribution >= 4 is 25.2 Å². The van der Waals surface area contributed by atoms with Crippen LogP contribution in [0.2, 0.25) is 0 Å². The highest BCUT2D eigenvalue weighted by Crippen LogP contribution is 2.55. The van der Waals surface area contributed by atoms with Gasteiger partial charge in [-0.15, -0.1) is 0 Å². The number of rotatable bonds is 17. The second-order valence-corrected chi connectivity index (χ2v) is 11.3. The molecule has 0 fully saturated rings. The zero-order chi connectivity index (χ0) is 27.7. The maximum Gasteiger partial charge on any atom is 0.491 e. The fourth-order valence-corrected chi connectivity index (χ4v) is 6.50. The minimum Gasteiger partial charge on any atom is -0.423 e. The van der Waals surface area contributed by atoms with Gasteiger partial charge in [-0.2, -0.15) is 0 Å². The van der Waals surface area contributed by atoms with Crippen LogP contribution in [-0.4, -0.2) is 47.6 Å². The molecule has 0 saturated heterocycles. The highest BCUT2D eigenvalue weighted by atomic mass is 16.5. The van der Waals surface area contributed by atoms with Gasteiger partial charge in [0, 0.05) is 5.41 Å². The van der Waals surface area contributed by atoms with Crippen LogP contribution in [0.5, 0.6) is 0 Å². The van der Waals surface area contributed by atoms with E-state index in [1.54, 1.807) is 0 Å². The van der Waals surface area contributed by atoms with Gasteiger partial charge in [-0.3, -0.25) is 0 Å². The molecule has 2 unspecified atom stereocenters. The first-order valence-electron chi connectivity index (χ1n) is 14.9. The van der Waals surface area contributed by atoms with Gasteiger partial charge in [0.25, 0.3) is 0 Å². The van der Waals surface area contributed by atoms with Crippen molar-refractivity contribution in [2.24, 2.45) is 11.8 Å². The van der Waals surface area contributed by atoms with E-state index in [1.807, 2.05) is 24.3 Å². The summed E-state index contributed by atoms with van der Waals surface area (Å²) in [6.45, 7) is 9.00.